The van der Waals surface area contributed by atoms with Crippen LogP contribution in [0.2, 0.25) is 0 Å². The molecule has 0 unspecified atom stereocenters. The fraction of sp³-hybridized carbons (Fsp3) is 0.188. The van der Waals surface area contributed by atoms with Crippen LogP contribution in [0.4, 0.5) is 15.8 Å². The lowest BCUT2D eigenvalue weighted by molar-refractivity contribution is -0.113. The molecule has 110 valence electrons. The minimum atomic E-state index is -0.463. The quantitative estimate of drug-likeness (QED) is 0.668. The molecule has 0 heterocycles. The van der Waals surface area contributed by atoms with Crippen molar-refractivity contribution in [1.29, 1.82) is 0 Å². The molecule has 0 saturated heterocycles. The summed E-state index contributed by atoms with van der Waals surface area (Å²) in [6, 6.07) is 10.4. The summed E-state index contributed by atoms with van der Waals surface area (Å²) in [5.41, 5.74) is 8.41. The van der Waals surface area contributed by atoms with Crippen LogP contribution >= 0.6 is 11.8 Å². The highest BCUT2D eigenvalue weighted by Crippen LogP contribution is 2.23. The van der Waals surface area contributed by atoms with Gasteiger partial charge in [-0.15, -0.1) is 11.8 Å². The number of aryl methyl sites for hydroxylation is 2. The number of hydrogen-bond donors (Lipinski definition) is 2. The van der Waals surface area contributed by atoms with E-state index in [0.717, 1.165) is 16.8 Å². The van der Waals surface area contributed by atoms with E-state index in [4.69, 9.17) is 5.73 Å². The average molecular weight is 304 g/mol. The molecule has 0 aliphatic heterocycles. The van der Waals surface area contributed by atoms with E-state index in [0.29, 0.717) is 4.90 Å². The molecule has 0 fully saturated rings. The van der Waals surface area contributed by atoms with Gasteiger partial charge in [0.15, 0.2) is 0 Å². The van der Waals surface area contributed by atoms with Gasteiger partial charge in [0, 0.05) is 10.6 Å². The van der Waals surface area contributed by atoms with Crippen molar-refractivity contribution in [2.75, 3.05) is 16.8 Å². The molecule has 0 spiro atoms. The summed E-state index contributed by atoms with van der Waals surface area (Å²) in [4.78, 5) is 12.7. The lowest BCUT2D eigenvalue weighted by Crippen LogP contribution is -2.15. The number of nitrogens with one attached hydrogen (secondary N) is 1. The molecule has 0 radical (unpaired) electrons. The monoisotopic (exact) mass is 304 g/mol. The number of carbonyl (C=O) groups is 1. The van der Waals surface area contributed by atoms with Crippen molar-refractivity contribution < 1.29 is 9.18 Å². The molecule has 2 aromatic rings. The first kappa shape index (κ1) is 15.4. The molecule has 2 rings (SSSR count). The molecule has 0 aromatic heterocycles. The summed E-state index contributed by atoms with van der Waals surface area (Å²) in [5, 5.41) is 2.90. The van der Waals surface area contributed by atoms with Crippen molar-refractivity contribution in [3.63, 3.8) is 0 Å². The second-order valence-electron chi connectivity index (χ2n) is 4.79. The first-order chi connectivity index (χ1) is 9.97. The number of halogens is 1. The van der Waals surface area contributed by atoms with Crippen LogP contribution in [0.3, 0.4) is 0 Å². The fourth-order valence-corrected chi connectivity index (χ4v) is 2.65. The van der Waals surface area contributed by atoms with E-state index in [1.165, 1.54) is 23.9 Å². The summed E-state index contributed by atoms with van der Waals surface area (Å²) in [6.45, 7) is 3.90. The van der Waals surface area contributed by atoms with E-state index < -0.39 is 5.82 Å². The summed E-state index contributed by atoms with van der Waals surface area (Å²) < 4.78 is 13.3. The van der Waals surface area contributed by atoms with Crippen LogP contribution in [-0.4, -0.2) is 11.7 Å². The molecule has 0 atom stereocenters. The standard InChI is InChI=1S/C16H17FN2OS/c1-10-4-3-5-11(2)16(10)19-15(20)9-21-12-6-7-14(18)13(17)8-12/h3-8H,9,18H2,1-2H3,(H,19,20). The zero-order chi connectivity index (χ0) is 15.4. The number of benzene rings is 2. The molecule has 2 aromatic carbocycles. The van der Waals surface area contributed by atoms with Gasteiger partial charge < -0.3 is 11.1 Å². The number of nitrogen functional groups attached to an aromatic ring is 1. The Hall–Kier alpha value is -2.01. The first-order valence-electron chi connectivity index (χ1n) is 6.51. The van der Waals surface area contributed by atoms with Crippen LogP contribution in [0, 0.1) is 19.7 Å². The van der Waals surface area contributed by atoms with Crippen LogP contribution < -0.4 is 11.1 Å². The number of nitrogens with two attached hydrogens (primary N) is 1. The molecule has 21 heavy (non-hydrogen) atoms. The minimum absolute atomic E-state index is 0.110. The Labute approximate surface area is 127 Å². The summed E-state index contributed by atoms with van der Waals surface area (Å²) >= 11 is 1.27. The van der Waals surface area contributed by atoms with Gasteiger partial charge in [-0.2, -0.15) is 0 Å². The lowest BCUT2D eigenvalue weighted by atomic mass is 10.1. The number of carbonyl (C=O) groups excluding carboxylic acids is 1. The predicted molar refractivity (Wildman–Crippen MR) is 86.1 cm³/mol. The minimum Gasteiger partial charge on any atom is -0.396 e. The number of rotatable bonds is 4. The second-order valence-corrected chi connectivity index (χ2v) is 5.84. The molecule has 0 bridgehead atoms. The highest BCUT2D eigenvalue weighted by molar-refractivity contribution is 8.00. The van der Waals surface area contributed by atoms with E-state index in [-0.39, 0.29) is 17.3 Å². The maximum atomic E-state index is 13.3. The molecular weight excluding hydrogens is 287 g/mol. The van der Waals surface area contributed by atoms with Gasteiger partial charge in [0.2, 0.25) is 5.91 Å². The predicted octanol–water partition coefficient (Wildman–Crippen LogP) is 3.76. The normalized spacial score (nSPS) is 10.4. The van der Waals surface area contributed by atoms with Crippen molar-refractivity contribution in [1.82, 2.24) is 0 Å². The topological polar surface area (TPSA) is 55.1 Å². The van der Waals surface area contributed by atoms with Crippen LogP contribution in [0.1, 0.15) is 11.1 Å². The Morgan fingerprint density at radius 3 is 2.52 bits per heavy atom. The zero-order valence-electron chi connectivity index (χ0n) is 11.9. The van der Waals surface area contributed by atoms with Gasteiger partial charge in [0.1, 0.15) is 5.82 Å². The Balaban J connectivity index is 1.97. The number of para-hydroxylation sites is 1. The fourth-order valence-electron chi connectivity index (χ4n) is 1.93. The third-order valence-corrected chi connectivity index (χ3v) is 4.08. The van der Waals surface area contributed by atoms with Crippen LogP contribution in [0.5, 0.6) is 0 Å². The Morgan fingerprint density at radius 2 is 1.90 bits per heavy atom. The Bertz CT molecular complexity index is 653. The highest BCUT2D eigenvalue weighted by Gasteiger charge is 2.08. The van der Waals surface area contributed by atoms with Crippen molar-refractivity contribution in [3.8, 4) is 0 Å². The molecule has 0 saturated carbocycles. The van der Waals surface area contributed by atoms with Crippen molar-refractivity contribution in [2.45, 2.75) is 18.7 Å². The molecule has 1 amide bonds. The van der Waals surface area contributed by atoms with Crippen molar-refractivity contribution in [3.05, 3.63) is 53.3 Å². The highest BCUT2D eigenvalue weighted by atomic mass is 32.2. The van der Waals surface area contributed by atoms with Crippen molar-refractivity contribution in [2.24, 2.45) is 0 Å². The summed E-state index contributed by atoms with van der Waals surface area (Å²) in [6.07, 6.45) is 0. The summed E-state index contributed by atoms with van der Waals surface area (Å²) in [5.74, 6) is -0.360. The van der Waals surface area contributed by atoms with E-state index >= 15 is 0 Å². The molecule has 0 aliphatic rings. The number of amides is 1. The molecule has 3 nitrogen and oxygen atoms in total. The van der Waals surface area contributed by atoms with Crippen LogP contribution in [0.25, 0.3) is 0 Å². The molecular formula is C16H17FN2OS. The Morgan fingerprint density at radius 1 is 1.24 bits per heavy atom. The van der Waals surface area contributed by atoms with Gasteiger partial charge in [-0.05, 0) is 43.2 Å². The molecule has 0 aliphatic carbocycles. The van der Waals surface area contributed by atoms with E-state index in [1.54, 1.807) is 6.07 Å². The van der Waals surface area contributed by atoms with Crippen molar-refractivity contribution >= 4 is 29.0 Å². The number of anilines is 2. The first-order valence-corrected chi connectivity index (χ1v) is 7.50. The van der Waals surface area contributed by atoms with Gasteiger partial charge in [-0.3, -0.25) is 4.79 Å². The van der Waals surface area contributed by atoms with E-state index in [9.17, 15) is 9.18 Å². The van der Waals surface area contributed by atoms with Gasteiger partial charge in [-0.1, -0.05) is 18.2 Å². The van der Waals surface area contributed by atoms with Gasteiger partial charge >= 0.3 is 0 Å². The van der Waals surface area contributed by atoms with Gasteiger partial charge in [-0.25, -0.2) is 4.39 Å². The zero-order valence-corrected chi connectivity index (χ0v) is 12.8. The smallest absolute Gasteiger partial charge is 0.234 e. The average Bonchev–Trinajstić information content (AvgIpc) is 2.44. The van der Waals surface area contributed by atoms with Gasteiger partial charge in [0.25, 0.3) is 0 Å². The SMILES string of the molecule is Cc1cccc(C)c1NC(=O)CSc1ccc(N)c(F)c1. The maximum absolute atomic E-state index is 13.3. The number of thioether (sulfide) groups is 1. The van der Waals surface area contributed by atoms with Crippen LogP contribution in [0.15, 0.2) is 41.3 Å². The Kier molecular flexibility index (Phi) is 4.85. The third kappa shape index (κ3) is 3.98. The largest absolute Gasteiger partial charge is 0.396 e. The number of hydrogen-bond acceptors (Lipinski definition) is 3. The third-order valence-electron chi connectivity index (χ3n) is 3.09. The molecule has 5 heteroatoms. The van der Waals surface area contributed by atoms with Crippen LogP contribution in [-0.2, 0) is 4.79 Å². The second kappa shape index (κ2) is 6.63. The molecule has 3 N–H and O–H groups in total. The van der Waals surface area contributed by atoms with Gasteiger partial charge in [0.05, 0.1) is 11.4 Å². The van der Waals surface area contributed by atoms with E-state index in [1.807, 2.05) is 32.0 Å². The maximum Gasteiger partial charge on any atom is 0.234 e. The lowest BCUT2D eigenvalue weighted by Gasteiger charge is -2.11. The van der Waals surface area contributed by atoms with E-state index in [2.05, 4.69) is 5.32 Å². The summed E-state index contributed by atoms with van der Waals surface area (Å²) in [7, 11) is 0.